The number of esters is 1. The van der Waals surface area contributed by atoms with Gasteiger partial charge in [0.05, 0.1) is 12.5 Å². The van der Waals surface area contributed by atoms with Crippen molar-refractivity contribution in [3.05, 3.63) is 24.8 Å². The van der Waals surface area contributed by atoms with Gasteiger partial charge in [-0.15, -0.1) is 6.58 Å². The minimum absolute atomic E-state index is 0.0104. The van der Waals surface area contributed by atoms with Gasteiger partial charge in [0.15, 0.2) is 0 Å². The van der Waals surface area contributed by atoms with Crippen LogP contribution in [0.3, 0.4) is 0 Å². The van der Waals surface area contributed by atoms with Gasteiger partial charge in [0, 0.05) is 6.42 Å². The average Bonchev–Trinajstić information content (AvgIpc) is 3.07. The van der Waals surface area contributed by atoms with Crippen molar-refractivity contribution in [1.29, 1.82) is 0 Å². The highest BCUT2D eigenvalue weighted by Crippen LogP contribution is 2.26. The zero-order valence-corrected chi connectivity index (χ0v) is 17.3. The molecule has 154 valence electrons. The monoisotopic (exact) mass is 384 g/mol. The van der Waals surface area contributed by atoms with E-state index in [1.54, 1.807) is 0 Å². The topological polar surface area (TPSA) is 46.5 Å². The first kappa shape index (κ1) is 24.1. The molecule has 1 rings (SSSR count). The molecule has 1 aliphatic heterocycles. The lowest BCUT2D eigenvalue weighted by molar-refractivity contribution is -0.145. The van der Waals surface area contributed by atoms with E-state index in [0.29, 0.717) is 6.42 Å². The molecule has 1 saturated heterocycles. The molecule has 1 N–H and O–H groups in total. The van der Waals surface area contributed by atoms with Crippen LogP contribution in [0.1, 0.15) is 83.5 Å². The van der Waals surface area contributed by atoms with Crippen molar-refractivity contribution in [1.82, 2.24) is 0 Å². The summed E-state index contributed by atoms with van der Waals surface area (Å²) in [7, 11) is 0. The Balaban J connectivity index is 1.87. The van der Waals surface area contributed by atoms with Crippen LogP contribution >= 0.6 is 0 Å². The summed E-state index contributed by atoms with van der Waals surface area (Å²) in [6.45, 7) is 3.63. The van der Waals surface area contributed by atoms with E-state index in [0.717, 1.165) is 38.5 Å². The van der Waals surface area contributed by atoms with Crippen molar-refractivity contribution in [3.8, 4) is 23.7 Å². The number of rotatable bonds is 14. The number of unbranched alkanes of at least 4 members (excludes halogenated alkanes) is 9. The van der Waals surface area contributed by atoms with Crippen LogP contribution < -0.4 is 0 Å². The first-order valence-corrected chi connectivity index (χ1v) is 10.8. The molecule has 0 unspecified atom stereocenters. The maximum absolute atomic E-state index is 11.6. The molecule has 0 aromatic carbocycles. The van der Waals surface area contributed by atoms with Gasteiger partial charge in [-0.25, -0.2) is 0 Å². The number of aliphatic hydroxyl groups is 1. The summed E-state index contributed by atoms with van der Waals surface area (Å²) in [6.07, 6.45) is 19.8. The lowest BCUT2D eigenvalue weighted by atomic mass is 9.97. The zero-order chi connectivity index (χ0) is 20.3. The quantitative estimate of drug-likeness (QED) is 0.190. The first-order valence-electron chi connectivity index (χ1n) is 10.8. The van der Waals surface area contributed by atoms with E-state index >= 15 is 0 Å². The number of hydrogen-bond donors (Lipinski definition) is 1. The van der Waals surface area contributed by atoms with Gasteiger partial charge in [-0.1, -0.05) is 68.9 Å². The Kier molecular flexibility index (Phi) is 14.7. The van der Waals surface area contributed by atoms with E-state index in [9.17, 15) is 4.79 Å². The van der Waals surface area contributed by atoms with Gasteiger partial charge in [-0.3, -0.25) is 4.79 Å². The summed E-state index contributed by atoms with van der Waals surface area (Å²) in [4.78, 5) is 11.6. The van der Waals surface area contributed by atoms with Crippen molar-refractivity contribution in [2.75, 3.05) is 6.61 Å². The third-order valence-electron chi connectivity index (χ3n) is 4.93. The molecule has 0 aromatic rings. The van der Waals surface area contributed by atoms with E-state index in [1.807, 2.05) is 18.2 Å². The molecule has 3 nitrogen and oxygen atoms in total. The Morgan fingerprint density at radius 2 is 1.75 bits per heavy atom. The van der Waals surface area contributed by atoms with Gasteiger partial charge in [-0.05, 0) is 50.0 Å². The third kappa shape index (κ3) is 12.4. The number of hydrogen-bond acceptors (Lipinski definition) is 3. The number of ether oxygens (including phenoxy) is 1. The van der Waals surface area contributed by atoms with E-state index in [2.05, 4.69) is 30.3 Å². The molecule has 0 aromatic heterocycles. The molecule has 28 heavy (non-hydrogen) atoms. The molecule has 0 spiro atoms. The predicted molar refractivity (Wildman–Crippen MR) is 115 cm³/mol. The molecule has 0 radical (unpaired) electrons. The fourth-order valence-corrected chi connectivity index (χ4v) is 3.28. The molecule has 3 heteroatoms. The first-order chi connectivity index (χ1) is 13.8. The van der Waals surface area contributed by atoms with E-state index in [-0.39, 0.29) is 24.6 Å². The number of cyclic esters (lactones) is 1. The standard InChI is InChI=1S/C25H36O3/c1-2-3-4-5-6-7-8-9-10-11-12-13-14-15-16-17-18-19-20-23-21-24(22-26)28-25(23)27/h2,5-6,23-24,26H,1,3-4,11-22H2/b6-5-/t23-,24-/m0/s1. The lowest BCUT2D eigenvalue weighted by Gasteiger charge is -2.05. The number of carbonyl (C=O) groups is 1. The maximum atomic E-state index is 11.6. The Hall–Kier alpha value is -1.97. The highest BCUT2D eigenvalue weighted by atomic mass is 16.6. The summed E-state index contributed by atoms with van der Waals surface area (Å²) in [5.41, 5.74) is 0. The highest BCUT2D eigenvalue weighted by Gasteiger charge is 2.33. The summed E-state index contributed by atoms with van der Waals surface area (Å²) in [6, 6.07) is 0. The van der Waals surface area contributed by atoms with Crippen LogP contribution in [0.5, 0.6) is 0 Å². The SMILES string of the molecule is C=CCC/C=C\C#CC#CCCCCCCCCCC[C@H]1C[C@@H](CO)OC1=O. The second-order valence-corrected chi connectivity index (χ2v) is 7.38. The molecule has 1 aliphatic rings. The molecule has 0 aliphatic carbocycles. The molecule has 1 heterocycles. The number of allylic oxidation sites excluding steroid dienone is 3. The van der Waals surface area contributed by atoms with E-state index < -0.39 is 0 Å². The molecule has 0 bridgehead atoms. The van der Waals surface area contributed by atoms with Crippen LogP contribution in [-0.2, 0) is 9.53 Å². The molecular formula is C25H36O3. The van der Waals surface area contributed by atoms with Gasteiger partial charge in [0.2, 0.25) is 0 Å². The smallest absolute Gasteiger partial charge is 0.309 e. The van der Waals surface area contributed by atoms with Gasteiger partial charge in [0.25, 0.3) is 0 Å². The van der Waals surface area contributed by atoms with Crippen molar-refractivity contribution in [2.24, 2.45) is 5.92 Å². The fourth-order valence-electron chi connectivity index (χ4n) is 3.28. The Morgan fingerprint density at radius 1 is 1.04 bits per heavy atom. The molecular weight excluding hydrogens is 348 g/mol. The molecule has 0 saturated carbocycles. The predicted octanol–water partition coefficient (Wildman–Crippen LogP) is 5.34. The summed E-state index contributed by atoms with van der Waals surface area (Å²) < 4.78 is 5.10. The zero-order valence-electron chi connectivity index (χ0n) is 17.3. The van der Waals surface area contributed by atoms with Crippen LogP contribution in [0, 0.1) is 29.6 Å². The highest BCUT2D eigenvalue weighted by molar-refractivity contribution is 5.74. The van der Waals surface area contributed by atoms with Crippen LogP contribution in [0.15, 0.2) is 24.8 Å². The van der Waals surface area contributed by atoms with Gasteiger partial charge in [0.1, 0.15) is 6.10 Å². The van der Waals surface area contributed by atoms with Crippen LogP contribution in [0.25, 0.3) is 0 Å². The van der Waals surface area contributed by atoms with Crippen LogP contribution in [-0.4, -0.2) is 23.8 Å². The Bertz CT molecular complexity index is 582. The summed E-state index contributed by atoms with van der Waals surface area (Å²) >= 11 is 0. The molecule has 1 fully saturated rings. The average molecular weight is 385 g/mol. The lowest BCUT2D eigenvalue weighted by Crippen LogP contribution is -2.10. The fraction of sp³-hybridized carbons (Fsp3) is 0.640. The summed E-state index contributed by atoms with van der Waals surface area (Å²) in [5, 5.41) is 9.03. The van der Waals surface area contributed by atoms with Crippen molar-refractivity contribution >= 4 is 5.97 Å². The van der Waals surface area contributed by atoms with Gasteiger partial charge in [-0.2, -0.15) is 0 Å². The van der Waals surface area contributed by atoms with Crippen LogP contribution in [0.4, 0.5) is 0 Å². The van der Waals surface area contributed by atoms with Crippen molar-refractivity contribution in [2.45, 2.75) is 89.6 Å². The van der Waals surface area contributed by atoms with E-state index in [4.69, 9.17) is 9.84 Å². The number of aliphatic hydroxyl groups excluding tert-OH is 1. The van der Waals surface area contributed by atoms with Crippen molar-refractivity contribution < 1.29 is 14.6 Å². The second-order valence-electron chi connectivity index (χ2n) is 7.38. The minimum atomic E-state index is -0.265. The minimum Gasteiger partial charge on any atom is -0.460 e. The Labute approximate surface area is 171 Å². The van der Waals surface area contributed by atoms with Crippen molar-refractivity contribution in [3.63, 3.8) is 0 Å². The molecule has 2 atom stereocenters. The largest absolute Gasteiger partial charge is 0.460 e. The van der Waals surface area contributed by atoms with E-state index in [1.165, 1.54) is 38.5 Å². The number of carbonyl (C=O) groups excluding carboxylic acids is 1. The Morgan fingerprint density at radius 3 is 2.43 bits per heavy atom. The van der Waals surface area contributed by atoms with Crippen LogP contribution in [0.2, 0.25) is 0 Å². The molecule has 0 amide bonds. The maximum Gasteiger partial charge on any atom is 0.309 e. The van der Waals surface area contributed by atoms with Gasteiger partial charge >= 0.3 is 5.97 Å². The third-order valence-corrected chi connectivity index (χ3v) is 4.93. The van der Waals surface area contributed by atoms with Gasteiger partial charge < -0.3 is 9.84 Å². The normalized spacial score (nSPS) is 18.2. The second kappa shape index (κ2) is 17.2. The summed E-state index contributed by atoms with van der Waals surface area (Å²) in [5.74, 6) is 11.7.